The molecule has 0 bridgehead atoms. The molecule has 1 saturated heterocycles. The predicted molar refractivity (Wildman–Crippen MR) is 102 cm³/mol. The number of hydrogen-bond donors (Lipinski definition) is 0. The second kappa shape index (κ2) is 8.25. The largest absolute Gasteiger partial charge is 0.356 e. The Labute approximate surface area is 155 Å². The number of pyridine rings is 1. The fourth-order valence-electron chi connectivity index (χ4n) is 3.36. The number of hydrogen-bond acceptors (Lipinski definition) is 5. The highest BCUT2D eigenvalue weighted by Crippen LogP contribution is 2.22. The molecule has 1 unspecified atom stereocenters. The first-order valence-corrected chi connectivity index (χ1v) is 9.28. The third-order valence-electron chi connectivity index (χ3n) is 4.86. The molecule has 0 aromatic carbocycles. The van der Waals surface area contributed by atoms with Crippen molar-refractivity contribution < 1.29 is 4.79 Å². The minimum atomic E-state index is -0.0594. The van der Waals surface area contributed by atoms with Crippen LogP contribution in [0.4, 0.5) is 5.82 Å². The Morgan fingerprint density at radius 1 is 1.31 bits per heavy atom. The molecule has 1 atom stereocenters. The van der Waals surface area contributed by atoms with E-state index < -0.39 is 0 Å². The molecule has 1 fully saturated rings. The van der Waals surface area contributed by atoms with E-state index in [1.165, 1.54) is 18.4 Å². The summed E-state index contributed by atoms with van der Waals surface area (Å²) in [4.78, 5) is 29.8. The van der Waals surface area contributed by atoms with E-state index in [2.05, 4.69) is 26.8 Å². The normalized spacial score (nSPS) is 17.2. The number of piperidine rings is 1. The number of amides is 1. The highest BCUT2D eigenvalue weighted by molar-refractivity contribution is 5.92. The summed E-state index contributed by atoms with van der Waals surface area (Å²) in [5, 5.41) is 0. The Morgan fingerprint density at radius 2 is 2.08 bits per heavy atom. The number of nitrogens with zero attached hydrogens (tertiary/aromatic N) is 5. The lowest BCUT2D eigenvalue weighted by Crippen LogP contribution is -2.35. The van der Waals surface area contributed by atoms with Crippen LogP contribution in [0.5, 0.6) is 0 Å². The van der Waals surface area contributed by atoms with E-state index in [4.69, 9.17) is 0 Å². The maximum Gasteiger partial charge on any atom is 0.272 e. The summed E-state index contributed by atoms with van der Waals surface area (Å²) in [5.41, 5.74) is 1.64. The molecular weight excluding hydrogens is 326 g/mol. The number of rotatable bonds is 5. The van der Waals surface area contributed by atoms with Crippen molar-refractivity contribution in [2.24, 2.45) is 5.92 Å². The Balaban J connectivity index is 1.70. The molecule has 3 rings (SSSR count). The van der Waals surface area contributed by atoms with E-state index in [0.717, 1.165) is 25.3 Å². The van der Waals surface area contributed by atoms with Crippen LogP contribution >= 0.6 is 0 Å². The van der Waals surface area contributed by atoms with Gasteiger partial charge >= 0.3 is 0 Å². The van der Waals surface area contributed by atoms with E-state index in [0.29, 0.717) is 24.0 Å². The monoisotopic (exact) mass is 353 g/mol. The molecule has 0 aliphatic carbocycles. The molecule has 3 heterocycles. The maximum absolute atomic E-state index is 12.8. The van der Waals surface area contributed by atoms with Crippen molar-refractivity contribution in [2.45, 2.75) is 33.1 Å². The second-order valence-electron chi connectivity index (χ2n) is 7.18. The highest BCUT2D eigenvalue weighted by atomic mass is 16.2. The van der Waals surface area contributed by atoms with Gasteiger partial charge in [0.2, 0.25) is 0 Å². The molecule has 2 aromatic heterocycles. The number of aromatic nitrogens is 3. The summed E-state index contributed by atoms with van der Waals surface area (Å²) in [7, 11) is 1.82. The SMILES string of the molecule is Cc1nc(C(=O)N(C)CCc2ccncc2)cc(N2CCCC(C)C2)n1. The molecule has 0 radical (unpaired) electrons. The summed E-state index contributed by atoms with van der Waals surface area (Å²) in [6.07, 6.45) is 6.77. The molecule has 0 saturated carbocycles. The van der Waals surface area contributed by atoms with Gasteiger partial charge in [0.1, 0.15) is 17.3 Å². The first kappa shape index (κ1) is 18.3. The van der Waals surface area contributed by atoms with Gasteiger partial charge in [0.25, 0.3) is 5.91 Å². The minimum absolute atomic E-state index is 0.0594. The number of anilines is 1. The lowest BCUT2D eigenvalue weighted by Gasteiger charge is -2.32. The third kappa shape index (κ3) is 4.56. The van der Waals surface area contributed by atoms with Crippen LogP contribution < -0.4 is 4.90 Å². The molecule has 0 spiro atoms. The van der Waals surface area contributed by atoms with Crippen LogP contribution in [0.25, 0.3) is 0 Å². The molecule has 26 heavy (non-hydrogen) atoms. The summed E-state index contributed by atoms with van der Waals surface area (Å²) < 4.78 is 0. The van der Waals surface area contributed by atoms with Crippen LogP contribution in [-0.4, -0.2) is 52.4 Å². The lowest BCUT2D eigenvalue weighted by molar-refractivity contribution is 0.0790. The van der Waals surface area contributed by atoms with Crippen molar-refractivity contribution in [1.82, 2.24) is 19.9 Å². The third-order valence-corrected chi connectivity index (χ3v) is 4.86. The minimum Gasteiger partial charge on any atom is -0.356 e. The number of carbonyl (C=O) groups is 1. The Kier molecular flexibility index (Phi) is 5.81. The molecule has 6 heteroatoms. The van der Waals surface area contributed by atoms with Gasteiger partial charge in [-0.25, -0.2) is 9.97 Å². The molecule has 1 aliphatic heterocycles. The molecule has 1 amide bonds. The van der Waals surface area contributed by atoms with Gasteiger partial charge in [0, 0.05) is 45.1 Å². The van der Waals surface area contributed by atoms with Gasteiger partial charge < -0.3 is 9.80 Å². The lowest BCUT2D eigenvalue weighted by atomic mass is 10.0. The van der Waals surface area contributed by atoms with Crippen LogP contribution in [-0.2, 0) is 6.42 Å². The van der Waals surface area contributed by atoms with Crippen molar-refractivity contribution in [1.29, 1.82) is 0 Å². The van der Waals surface area contributed by atoms with Gasteiger partial charge in [-0.2, -0.15) is 0 Å². The Hall–Kier alpha value is -2.50. The molecule has 6 nitrogen and oxygen atoms in total. The smallest absolute Gasteiger partial charge is 0.272 e. The molecule has 2 aromatic rings. The Morgan fingerprint density at radius 3 is 2.81 bits per heavy atom. The summed E-state index contributed by atoms with van der Waals surface area (Å²) in [5.74, 6) is 2.11. The highest BCUT2D eigenvalue weighted by Gasteiger charge is 2.21. The average Bonchev–Trinajstić information content (AvgIpc) is 2.66. The van der Waals surface area contributed by atoms with Crippen molar-refractivity contribution >= 4 is 11.7 Å². The zero-order valence-corrected chi connectivity index (χ0v) is 15.9. The fourth-order valence-corrected chi connectivity index (χ4v) is 3.36. The van der Waals surface area contributed by atoms with Crippen molar-refractivity contribution in [3.63, 3.8) is 0 Å². The maximum atomic E-state index is 12.8. The molecular formula is C20H27N5O. The predicted octanol–water partition coefficient (Wildman–Crippen LogP) is 2.73. The average molecular weight is 353 g/mol. The van der Waals surface area contributed by atoms with E-state index in [9.17, 15) is 4.79 Å². The van der Waals surface area contributed by atoms with E-state index in [1.807, 2.05) is 32.2 Å². The van der Waals surface area contributed by atoms with E-state index >= 15 is 0 Å². The van der Waals surface area contributed by atoms with Crippen molar-refractivity contribution in [3.05, 3.63) is 47.7 Å². The van der Waals surface area contributed by atoms with Gasteiger partial charge in [0.05, 0.1) is 0 Å². The summed E-state index contributed by atoms with van der Waals surface area (Å²) >= 11 is 0. The number of likely N-dealkylation sites (N-methyl/N-ethyl adjacent to an activating group) is 1. The van der Waals surface area contributed by atoms with E-state index in [-0.39, 0.29) is 5.91 Å². The fraction of sp³-hybridized carbons (Fsp3) is 0.500. The van der Waals surface area contributed by atoms with Crippen LogP contribution in [0.2, 0.25) is 0 Å². The topological polar surface area (TPSA) is 62.2 Å². The van der Waals surface area contributed by atoms with Crippen LogP contribution in [0.3, 0.4) is 0 Å². The van der Waals surface area contributed by atoms with Gasteiger partial charge in [0.15, 0.2) is 0 Å². The quantitative estimate of drug-likeness (QED) is 0.827. The molecule has 0 N–H and O–H groups in total. The first-order valence-electron chi connectivity index (χ1n) is 9.28. The van der Waals surface area contributed by atoms with Crippen molar-refractivity contribution in [3.8, 4) is 0 Å². The zero-order chi connectivity index (χ0) is 18.5. The molecule has 138 valence electrons. The number of aryl methyl sites for hydroxylation is 1. The molecule has 1 aliphatic rings. The summed E-state index contributed by atoms with van der Waals surface area (Å²) in [6, 6.07) is 5.79. The van der Waals surface area contributed by atoms with Crippen molar-refractivity contribution in [2.75, 3.05) is 31.6 Å². The van der Waals surface area contributed by atoms with Crippen LogP contribution in [0.1, 0.15) is 41.6 Å². The Bertz CT molecular complexity index is 749. The van der Waals surface area contributed by atoms with Crippen LogP contribution in [0.15, 0.2) is 30.6 Å². The van der Waals surface area contributed by atoms with Crippen LogP contribution in [0, 0.1) is 12.8 Å². The number of carbonyl (C=O) groups excluding carboxylic acids is 1. The first-order chi connectivity index (χ1) is 12.5. The summed E-state index contributed by atoms with van der Waals surface area (Å²) in [6.45, 7) is 6.74. The second-order valence-corrected chi connectivity index (χ2v) is 7.18. The zero-order valence-electron chi connectivity index (χ0n) is 15.9. The van der Waals surface area contributed by atoms with Gasteiger partial charge in [-0.3, -0.25) is 9.78 Å². The van der Waals surface area contributed by atoms with Gasteiger partial charge in [-0.1, -0.05) is 6.92 Å². The van der Waals surface area contributed by atoms with Gasteiger partial charge in [-0.05, 0) is 49.8 Å². The standard InChI is InChI=1S/C20H27N5O/c1-15-5-4-11-25(14-15)19-13-18(22-16(2)23-19)20(26)24(3)12-8-17-6-9-21-10-7-17/h6-7,9-10,13,15H,4-5,8,11-12,14H2,1-3H3. The van der Waals surface area contributed by atoms with E-state index in [1.54, 1.807) is 17.3 Å². The van der Waals surface area contributed by atoms with Gasteiger partial charge in [-0.15, -0.1) is 0 Å².